The summed E-state index contributed by atoms with van der Waals surface area (Å²) in [5.41, 5.74) is 1.82. The van der Waals surface area contributed by atoms with Gasteiger partial charge in [-0.1, -0.05) is 30.3 Å². The molecule has 6 heteroatoms. The average molecular weight is 354 g/mol. The van der Waals surface area contributed by atoms with Gasteiger partial charge in [0, 0.05) is 11.1 Å². The highest BCUT2D eigenvalue weighted by Gasteiger charge is 2.18. The predicted octanol–water partition coefficient (Wildman–Crippen LogP) is 4.20. The van der Waals surface area contributed by atoms with E-state index in [1.165, 1.54) is 31.4 Å². The smallest absolute Gasteiger partial charge is 0.272 e. The molecule has 0 saturated carbocycles. The number of para-hydroxylation sites is 1. The van der Waals surface area contributed by atoms with Crippen LogP contribution in [0.1, 0.15) is 16.8 Å². The van der Waals surface area contributed by atoms with Crippen molar-refractivity contribution in [2.45, 2.75) is 6.92 Å². The Kier molecular flexibility index (Phi) is 4.93. The number of nitrogens with zero attached hydrogens (tertiary/aromatic N) is 1. The third kappa shape index (κ3) is 3.39. The Hall–Kier alpha value is -3.28. The van der Waals surface area contributed by atoms with E-state index < -0.39 is 11.4 Å². The molecule has 1 heterocycles. The van der Waals surface area contributed by atoms with Gasteiger partial charge in [0.05, 0.1) is 18.4 Å². The molecule has 0 radical (unpaired) electrons. The van der Waals surface area contributed by atoms with Crippen LogP contribution < -0.4 is 10.3 Å². The highest BCUT2D eigenvalue weighted by atomic mass is 19.1. The summed E-state index contributed by atoms with van der Waals surface area (Å²) < 4.78 is 32.6. The molecular formula is C20H16F2N2O2. The van der Waals surface area contributed by atoms with Crippen molar-refractivity contribution in [1.29, 1.82) is 0 Å². The molecule has 0 saturated heterocycles. The Bertz CT molecular complexity index is 1040. The van der Waals surface area contributed by atoms with Crippen molar-refractivity contribution in [1.82, 2.24) is 10.2 Å². The second-order valence-corrected chi connectivity index (χ2v) is 5.64. The van der Waals surface area contributed by atoms with Gasteiger partial charge in [0.15, 0.2) is 11.6 Å². The van der Waals surface area contributed by atoms with Crippen LogP contribution in [0.3, 0.4) is 0 Å². The fraction of sp³-hybridized carbons (Fsp3) is 0.100. The zero-order chi connectivity index (χ0) is 18.7. The molecule has 0 bridgehead atoms. The average Bonchev–Trinajstić information content (AvgIpc) is 2.62. The molecule has 0 amide bonds. The monoisotopic (exact) mass is 354 g/mol. The number of rotatable bonds is 4. The van der Waals surface area contributed by atoms with Gasteiger partial charge in [-0.2, -0.15) is 5.10 Å². The molecule has 0 atom stereocenters. The molecule has 0 aliphatic heterocycles. The number of aryl methyl sites for hydroxylation is 1. The molecule has 1 N–H and O–H groups in total. The predicted molar refractivity (Wildman–Crippen MR) is 96.9 cm³/mol. The van der Waals surface area contributed by atoms with Gasteiger partial charge >= 0.3 is 0 Å². The molecule has 0 fully saturated rings. The maximum atomic E-state index is 14.1. The number of hydrogen-bond donors (Lipinski definition) is 1. The second-order valence-electron chi connectivity index (χ2n) is 5.64. The molecule has 3 rings (SSSR count). The standard InChI is InChI=1S/C20H16F2N2O2/c1-12-18(15-7-4-8-17(22)19(15)26-2)16(20(25)24-23-12)10-9-13-5-3-6-14(21)11-13/h3-11H,1-2H3,(H,24,25)/b10-9+. The van der Waals surface area contributed by atoms with E-state index in [1.54, 1.807) is 37.3 Å². The van der Waals surface area contributed by atoms with Crippen molar-refractivity contribution < 1.29 is 13.5 Å². The van der Waals surface area contributed by atoms with Gasteiger partial charge in [0.2, 0.25) is 0 Å². The van der Waals surface area contributed by atoms with E-state index in [1.807, 2.05) is 0 Å². The summed E-state index contributed by atoms with van der Waals surface area (Å²) in [5, 5.41) is 6.39. The van der Waals surface area contributed by atoms with Crippen LogP contribution in [-0.4, -0.2) is 17.3 Å². The molecule has 2 aromatic carbocycles. The van der Waals surface area contributed by atoms with E-state index in [9.17, 15) is 13.6 Å². The van der Waals surface area contributed by atoms with Gasteiger partial charge in [0.1, 0.15) is 5.82 Å². The first-order chi connectivity index (χ1) is 12.5. The van der Waals surface area contributed by atoms with E-state index in [2.05, 4.69) is 10.2 Å². The molecule has 26 heavy (non-hydrogen) atoms. The highest BCUT2D eigenvalue weighted by molar-refractivity contribution is 5.84. The summed E-state index contributed by atoms with van der Waals surface area (Å²) in [6, 6.07) is 10.4. The molecule has 4 nitrogen and oxygen atoms in total. The number of hydrogen-bond acceptors (Lipinski definition) is 3. The first-order valence-corrected chi connectivity index (χ1v) is 7.87. The van der Waals surface area contributed by atoms with Gasteiger partial charge < -0.3 is 4.74 Å². The highest BCUT2D eigenvalue weighted by Crippen LogP contribution is 2.35. The van der Waals surface area contributed by atoms with Crippen LogP contribution in [0, 0.1) is 18.6 Å². The molecule has 0 aliphatic rings. The molecule has 0 aliphatic carbocycles. The van der Waals surface area contributed by atoms with Crippen LogP contribution in [0.2, 0.25) is 0 Å². The van der Waals surface area contributed by atoms with Crippen LogP contribution in [0.25, 0.3) is 23.3 Å². The molecule has 0 spiro atoms. The minimum Gasteiger partial charge on any atom is -0.493 e. The quantitative estimate of drug-likeness (QED) is 0.764. The lowest BCUT2D eigenvalue weighted by Gasteiger charge is -2.13. The molecule has 132 valence electrons. The minimum atomic E-state index is -0.537. The van der Waals surface area contributed by atoms with Crippen LogP contribution in [0.15, 0.2) is 47.3 Å². The van der Waals surface area contributed by atoms with E-state index in [-0.39, 0.29) is 17.1 Å². The van der Waals surface area contributed by atoms with Gasteiger partial charge in [-0.05, 0) is 36.8 Å². The topological polar surface area (TPSA) is 55.0 Å². The number of H-pyrrole nitrogens is 1. The summed E-state index contributed by atoms with van der Waals surface area (Å²) in [4.78, 5) is 12.4. The van der Waals surface area contributed by atoms with Gasteiger partial charge in [-0.25, -0.2) is 13.9 Å². The van der Waals surface area contributed by atoms with Crippen LogP contribution in [0.5, 0.6) is 5.75 Å². The van der Waals surface area contributed by atoms with Gasteiger partial charge in [0.25, 0.3) is 5.56 Å². The van der Waals surface area contributed by atoms with Crippen LogP contribution in [-0.2, 0) is 0 Å². The van der Waals surface area contributed by atoms with E-state index in [0.29, 0.717) is 22.4 Å². The molecule has 1 aromatic heterocycles. The number of benzene rings is 2. The number of aromatic amines is 1. The Balaban J connectivity index is 2.20. The number of methoxy groups -OCH3 is 1. The van der Waals surface area contributed by atoms with E-state index in [4.69, 9.17) is 4.74 Å². The third-order valence-corrected chi connectivity index (χ3v) is 3.93. The molecule has 0 unspecified atom stereocenters. The number of ether oxygens (including phenoxy) is 1. The normalized spacial score (nSPS) is 11.1. The molecule has 3 aromatic rings. The fourth-order valence-electron chi connectivity index (χ4n) is 2.76. The van der Waals surface area contributed by atoms with E-state index >= 15 is 0 Å². The number of halogens is 2. The maximum absolute atomic E-state index is 14.1. The summed E-state index contributed by atoms with van der Waals surface area (Å²) in [6.45, 7) is 1.70. The van der Waals surface area contributed by atoms with Crippen LogP contribution >= 0.6 is 0 Å². The maximum Gasteiger partial charge on any atom is 0.272 e. The minimum absolute atomic E-state index is 0.0309. The second kappa shape index (κ2) is 7.31. The third-order valence-electron chi connectivity index (χ3n) is 3.93. The first kappa shape index (κ1) is 17.5. The van der Waals surface area contributed by atoms with Gasteiger partial charge in [-0.15, -0.1) is 0 Å². The van der Waals surface area contributed by atoms with E-state index in [0.717, 1.165) is 0 Å². The molecular weight excluding hydrogens is 338 g/mol. The Morgan fingerprint density at radius 3 is 2.62 bits per heavy atom. The largest absolute Gasteiger partial charge is 0.493 e. The van der Waals surface area contributed by atoms with Gasteiger partial charge in [-0.3, -0.25) is 4.79 Å². The lowest BCUT2D eigenvalue weighted by atomic mass is 9.97. The number of nitrogens with one attached hydrogen (secondary N) is 1. The van der Waals surface area contributed by atoms with Crippen molar-refractivity contribution in [3.63, 3.8) is 0 Å². The SMILES string of the molecule is COc1c(F)cccc1-c1c(C)n[nH]c(=O)c1/C=C/c1cccc(F)c1. The summed E-state index contributed by atoms with van der Waals surface area (Å²) >= 11 is 0. The Labute approximate surface area is 148 Å². The lowest BCUT2D eigenvalue weighted by molar-refractivity contribution is 0.388. The summed E-state index contributed by atoms with van der Waals surface area (Å²) in [5.74, 6) is -0.882. The summed E-state index contributed by atoms with van der Waals surface area (Å²) in [6.07, 6.45) is 3.17. The van der Waals surface area contributed by atoms with Crippen molar-refractivity contribution in [2.24, 2.45) is 0 Å². The lowest BCUT2D eigenvalue weighted by Crippen LogP contribution is -2.15. The van der Waals surface area contributed by atoms with Crippen molar-refractivity contribution in [3.05, 3.63) is 81.3 Å². The van der Waals surface area contributed by atoms with Crippen molar-refractivity contribution in [2.75, 3.05) is 7.11 Å². The Morgan fingerprint density at radius 1 is 1.12 bits per heavy atom. The zero-order valence-corrected chi connectivity index (χ0v) is 14.2. The number of aromatic nitrogens is 2. The zero-order valence-electron chi connectivity index (χ0n) is 14.2. The Morgan fingerprint density at radius 2 is 1.88 bits per heavy atom. The fourth-order valence-corrected chi connectivity index (χ4v) is 2.76. The van der Waals surface area contributed by atoms with Crippen molar-refractivity contribution in [3.8, 4) is 16.9 Å². The summed E-state index contributed by atoms with van der Waals surface area (Å²) in [7, 11) is 1.36. The first-order valence-electron chi connectivity index (χ1n) is 7.87. The van der Waals surface area contributed by atoms with Crippen LogP contribution in [0.4, 0.5) is 8.78 Å². The van der Waals surface area contributed by atoms with Crippen molar-refractivity contribution >= 4 is 12.2 Å².